The molecule has 0 aliphatic carbocycles. The SMILES string of the molecule is [B]C([B])([B])n1cc(-c2oc3c([C@@H](C)Nc4ccc(Cl)nc4-c4noc(=O)[nH]4)cc(C)cc3c(=O)c2C)cn1. The van der Waals surface area contributed by atoms with Crippen LogP contribution in [0.4, 0.5) is 5.69 Å². The van der Waals surface area contributed by atoms with Crippen LogP contribution in [0.3, 0.4) is 0 Å². The Labute approximate surface area is 225 Å². The number of benzene rings is 1. The number of halogens is 1. The molecule has 0 bridgehead atoms. The molecule has 38 heavy (non-hydrogen) atoms. The van der Waals surface area contributed by atoms with Crippen molar-refractivity contribution >= 4 is 51.8 Å². The Morgan fingerprint density at radius 3 is 2.61 bits per heavy atom. The van der Waals surface area contributed by atoms with Crippen molar-refractivity contribution in [3.63, 3.8) is 0 Å². The molecule has 6 radical (unpaired) electrons. The lowest BCUT2D eigenvalue weighted by Crippen LogP contribution is -2.35. The molecule has 0 unspecified atom stereocenters. The zero-order valence-electron chi connectivity index (χ0n) is 20.6. The largest absolute Gasteiger partial charge is 0.455 e. The number of anilines is 1. The Bertz CT molecular complexity index is 1800. The highest BCUT2D eigenvalue weighted by Gasteiger charge is 2.22. The number of aryl methyl sites for hydroxylation is 1. The van der Waals surface area contributed by atoms with Crippen LogP contribution in [0.25, 0.3) is 33.8 Å². The monoisotopic (exact) mass is 522 g/mol. The van der Waals surface area contributed by atoms with E-state index < -0.39 is 17.0 Å². The smallest absolute Gasteiger partial charge is 0.439 e. The summed E-state index contributed by atoms with van der Waals surface area (Å²) in [7, 11) is 17.2. The van der Waals surface area contributed by atoms with Crippen molar-refractivity contribution in [3.05, 3.63) is 79.3 Å². The summed E-state index contributed by atoms with van der Waals surface area (Å²) >= 11 is 6.09. The molecule has 0 fully saturated rings. The molecule has 0 amide bonds. The summed E-state index contributed by atoms with van der Waals surface area (Å²) in [6.45, 7) is 5.45. The molecule has 0 spiro atoms. The van der Waals surface area contributed by atoms with E-state index in [4.69, 9.17) is 39.6 Å². The third-order valence-electron chi connectivity index (χ3n) is 6.00. The summed E-state index contributed by atoms with van der Waals surface area (Å²) < 4.78 is 12.1. The number of hydrogen-bond donors (Lipinski definition) is 2. The average Bonchev–Trinajstić information content (AvgIpc) is 3.52. The molecule has 1 atom stereocenters. The third-order valence-corrected chi connectivity index (χ3v) is 6.21. The van der Waals surface area contributed by atoms with Crippen LogP contribution >= 0.6 is 11.6 Å². The first-order valence-electron chi connectivity index (χ1n) is 11.4. The predicted molar refractivity (Wildman–Crippen MR) is 146 cm³/mol. The molecular weight excluding hydrogens is 504 g/mol. The summed E-state index contributed by atoms with van der Waals surface area (Å²) in [4.78, 5) is 31.7. The molecule has 0 saturated heterocycles. The van der Waals surface area contributed by atoms with Crippen LogP contribution in [-0.2, 0) is 5.24 Å². The van der Waals surface area contributed by atoms with E-state index in [1.165, 1.54) is 17.1 Å². The zero-order valence-corrected chi connectivity index (χ0v) is 21.3. The summed E-state index contributed by atoms with van der Waals surface area (Å²) in [5.41, 5.74) is 3.43. The van der Waals surface area contributed by atoms with Gasteiger partial charge >= 0.3 is 5.76 Å². The van der Waals surface area contributed by atoms with E-state index in [1.807, 2.05) is 19.9 Å². The van der Waals surface area contributed by atoms with Crippen LogP contribution in [0.1, 0.15) is 29.7 Å². The molecule has 2 N–H and O–H groups in total. The number of pyridine rings is 1. The molecule has 5 rings (SSSR count). The summed E-state index contributed by atoms with van der Waals surface area (Å²) in [6.07, 6.45) is 2.98. The Kier molecular flexibility index (Phi) is 6.34. The number of H-pyrrole nitrogens is 1. The average molecular weight is 522 g/mol. The molecule has 14 heteroatoms. The van der Waals surface area contributed by atoms with Crippen LogP contribution < -0.4 is 16.5 Å². The van der Waals surface area contributed by atoms with E-state index in [9.17, 15) is 9.59 Å². The van der Waals surface area contributed by atoms with Gasteiger partial charge in [0.1, 0.15) is 22.2 Å². The second kappa shape index (κ2) is 9.39. The van der Waals surface area contributed by atoms with Gasteiger partial charge in [-0.15, -0.1) is 0 Å². The first kappa shape index (κ1) is 25.7. The van der Waals surface area contributed by atoms with Gasteiger partial charge < -0.3 is 9.73 Å². The summed E-state index contributed by atoms with van der Waals surface area (Å²) in [5, 5.41) is 10.1. The van der Waals surface area contributed by atoms with Crippen LogP contribution in [0.5, 0.6) is 0 Å². The minimum Gasteiger partial charge on any atom is -0.455 e. The highest BCUT2D eigenvalue weighted by Crippen LogP contribution is 2.34. The summed E-state index contributed by atoms with van der Waals surface area (Å²) in [6, 6.07) is 6.59. The standard InChI is InChI=1S/C24H18B3ClN6O4/c1-10-6-14(12(3)30-16-4-5-17(28)31-18(16)22-32-23(36)38-33-22)21-15(7-10)19(35)11(2)20(37-21)13-8-29-34(9-13)24(25,26)27/h4-9,12,30H,1-3H3,(H,32,33,36)/t12-/m1/s1. The molecule has 4 aromatic heterocycles. The van der Waals surface area contributed by atoms with Crippen molar-refractivity contribution < 1.29 is 8.94 Å². The maximum atomic E-state index is 13.4. The minimum atomic E-state index is -1.72. The topological polar surface area (TPSA) is 132 Å². The Balaban J connectivity index is 1.63. The Morgan fingerprint density at radius 2 is 1.95 bits per heavy atom. The Hall–Kier alpha value is -3.99. The van der Waals surface area contributed by atoms with E-state index >= 15 is 0 Å². The van der Waals surface area contributed by atoms with Gasteiger partial charge in [0.2, 0.25) is 5.82 Å². The van der Waals surface area contributed by atoms with E-state index in [1.54, 1.807) is 25.1 Å². The quantitative estimate of drug-likeness (QED) is 0.257. The fraction of sp³-hybridized carbons (Fsp3) is 0.208. The summed E-state index contributed by atoms with van der Waals surface area (Å²) in [5.74, 6) is -0.308. The van der Waals surface area contributed by atoms with Gasteiger partial charge in [0.25, 0.3) is 0 Å². The normalized spacial score (nSPS) is 12.6. The minimum absolute atomic E-state index is 0.110. The fourth-order valence-electron chi connectivity index (χ4n) is 4.19. The highest BCUT2D eigenvalue weighted by atomic mass is 35.5. The van der Waals surface area contributed by atoms with Gasteiger partial charge in [-0.2, -0.15) is 5.10 Å². The van der Waals surface area contributed by atoms with E-state index in [0.717, 1.165) is 5.56 Å². The molecule has 5 aromatic rings. The van der Waals surface area contributed by atoms with Gasteiger partial charge in [-0.1, -0.05) is 22.8 Å². The van der Waals surface area contributed by atoms with Crippen LogP contribution in [0, 0.1) is 13.8 Å². The molecule has 0 aliphatic rings. The highest BCUT2D eigenvalue weighted by molar-refractivity contribution is 6.56. The van der Waals surface area contributed by atoms with Crippen molar-refractivity contribution in [2.24, 2.45) is 0 Å². The lowest BCUT2D eigenvalue weighted by atomic mass is 9.49. The second-order valence-electron chi connectivity index (χ2n) is 9.02. The number of fused-ring (bicyclic) bond motifs is 1. The maximum Gasteiger partial charge on any atom is 0.439 e. The van der Waals surface area contributed by atoms with Crippen LogP contribution in [0.15, 0.2) is 55.2 Å². The lowest BCUT2D eigenvalue weighted by molar-refractivity contribution is 0.388. The molecule has 4 heterocycles. The predicted octanol–water partition coefficient (Wildman–Crippen LogP) is 2.91. The van der Waals surface area contributed by atoms with Gasteiger partial charge in [-0.25, -0.2) is 9.78 Å². The fourth-order valence-corrected chi connectivity index (χ4v) is 4.34. The number of rotatable bonds is 6. The van der Waals surface area contributed by atoms with Crippen molar-refractivity contribution in [1.29, 1.82) is 0 Å². The van der Waals surface area contributed by atoms with Crippen LogP contribution in [-0.4, -0.2) is 48.4 Å². The first-order valence-corrected chi connectivity index (χ1v) is 11.8. The van der Waals surface area contributed by atoms with Crippen molar-refractivity contribution in [2.45, 2.75) is 32.1 Å². The maximum absolute atomic E-state index is 13.4. The second-order valence-corrected chi connectivity index (χ2v) is 9.40. The van der Waals surface area contributed by atoms with E-state index in [-0.39, 0.29) is 22.1 Å². The number of aromatic amines is 1. The molecular formula is C24H18B3ClN6O4. The van der Waals surface area contributed by atoms with Gasteiger partial charge in [-0.05, 0) is 49.8 Å². The molecule has 0 saturated carbocycles. The van der Waals surface area contributed by atoms with E-state index in [2.05, 4.69) is 30.1 Å². The van der Waals surface area contributed by atoms with Gasteiger partial charge in [-0.3, -0.25) is 19.0 Å². The first-order chi connectivity index (χ1) is 17.9. The molecule has 10 nitrogen and oxygen atoms in total. The van der Waals surface area contributed by atoms with Gasteiger partial charge in [0.15, 0.2) is 5.43 Å². The third kappa shape index (κ3) is 4.69. The van der Waals surface area contributed by atoms with Crippen molar-refractivity contribution in [2.75, 3.05) is 5.32 Å². The molecule has 1 aromatic carbocycles. The van der Waals surface area contributed by atoms with E-state index in [0.29, 0.717) is 39.1 Å². The number of aromatic nitrogens is 5. The van der Waals surface area contributed by atoms with Crippen molar-refractivity contribution in [1.82, 2.24) is 24.9 Å². The van der Waals surface area contributed by atoms with Gasteiger partial charge in [0.05, 0.1) is 52.4 Å². The number of nitrogens with one attached hydrogen (secondary N) is 2. The number of hydrogen-bond acceptors (Lipinski definition) is 8. The lowest BCUT2D eigenvalue weighted by Gasteiger charge is -2.20. The molecule has 184 valence electrons. The molecule has 0 aliphatic heterocycles. The zero-order chi connectivity index (χ0) is 27.4. The number of nitrogens with zero attached hydrogens (tertiary/aromatic N) is 4. The Morgan fingerprint density at radius 1 is 1.18 bits per heavy atom. The van der Waals surface area contributed by atoms with Crippen molar-refractivity contribution in [3.8, 4) is 22.8 Å². The van der Waals surface area contributed by atoms with Crippen LogP contribution in [0.2, 0.25) is 5.15 Å². The van der Waals surface area contributed by atoms with Gasteiger partial charge in [0, 0.05) is 17.3 Å².